The number of carbonyl (C=O) groups is 2. The molecule has 0 radical (unpaired) electrons. The largest absolute Gasteiger partial charge is 0.371 e. The van der Waals surface area contributed by atoms with E-state index in [-0.39, 0.29) is 0 Å². The van der Waals surface area contributed by atoms with Gasteiger partial charge in [-0.2, -0.15) is 0 Å². The number of hydrogen-bond acceptors (Lipinski definition) is 3. The summed E-state index contributed by atoms with van der Waals surface area (Å²) in [5.41, 5.74) is 2.64. The Morgan fingerprint density at radius 1 is 1.15 bits per heavy atom. The van der Waals surface area contributed by atoms with Crippen molar-refractivity contribution in [3.63, 3.8) is 0 Å². The maximum absolute atomic E-state index is 11.6. The van der Waals surface area contributed by atoms with Crippen LogP contribution in [0.2, 0.25) is 0 Å². The number of amides is 1. The normalized spacial score (nSPS) is 21.4. The quantitative estimate of drug-likeness (QED) is 0.800. The molecule has 1 N–H and O–H groups in total. The first kappa shape index (κ1) is 13.2. The van der Waals surface area contributed by atoms with Crippen LogP contribution in [-0.2, 0) is 4.79 Å². The number of ketones is 1. The summed E-state index contributed by atoms with van der Waals surface area (Å²) >= 11 is 0. The van der Waals surface area contributed by atoms with E-state index in [9.17, 15) is 9.59 Å². The number of carbonyl (C=O) groups excluding carboxylic acids is 2. The summed E-state index contributed by atoms with van der Waals surface area (Å²) in [6, 6.07) is 5.65. The summed E-state index contributed by atoms with van der Waals surface area (Å²) in [5.74, 6) is -0.947. The standard InChI is InChI=1S/C16H20N2O2/c1-16(2)6-3-8-18(9-7-16)11-4-5-12-13(10-11)17-15(20)14(12)19/h4-5,10H,3,6-9H2,1-2H3,(H,17,19,20). The Morgan fingerprint density at radius 3 is 2.75 bits per heavy atom. The zero-order valence-corrected chi connectivity index (χ0v) is 12.0. The third kappa shape index (κ3) is 2.30. The molecule has 0 saturated carbocycles. The number of fused-ring (bicyclic) bond motifs is 1. The van der Waals surface area contributed by atoms with Crippen LogP contribution >= 0.6 is 0 Å². The molecule has 3 rings (SSSR count). The molecular formula is C16H20N2O2. The van der Waals surface area contributed by atoms with Gasteiger partial charge in [-0.3, -0.25) is 9.59 Å². The third-order valence-corrected chi connectivity index (χ3v) is 4.41. The van der Waals surface area contributed by atoms with E-state index in [4.69, 9.17) is 0 Å². The second-order valence-electron chi connectivity index (χ2n) is 6.52. The Labute approximate surface area is 119 Å². The van der Waals surface area contributed by atoms with E-state index < -0.39 is 11.7 Å². The average Bonchev–Trinajstić information content (AvgIpc) is 2.57. The van der Waals surface area contributed by atoms with Crippen LogP contribution in [0.1, 0.15) is 43.5 Å². The van der Waals surface area contributed by atoms with Crippen molar-refractivity contribution in [3.8, 4) is 0 Å². The lowest BCUT2D eigenvalue weighted by atomic mass is 9.85. The fraction of sp³-hybridized carbons (Fsp3) is 0.500. The molecule has 2 heterocycles. The zero-order valence-electron chi connectivity index (χ0n) is 12.0. The van der Waals surface area contributed by atoms with Crippen molar-refractivity contribution in [3.05, 3.63) is 23.8 Å². The number of benzene rings is 1. The number of Topliss-reactive ketones (excluding diaryl/α,β-unsaturated/α-hetero) is 1. The molecule has 0 bridgehead atoms. The molecule has 1 amide bonds. The highest BCUT2D eigenvalue weighted by Gasteiger charge is 2.29. The molecule has 2 aliphatic heterocycles. The maximum Gasteiger partial charge on any atom is 0.296 e. The molecule has 4 heteroatoms. The Bertz CT molecular complexity index is 578. The van der Waals surface area contributed by atoms with E-state index in [2.05, 4.69) is 24.1 Å². The van der Waals surface area contributed by atoms with Crippen molar-refractivity contribution in [1.82, 2.24) is 0 Å². The highest BCUT2D eigenvalue weighted by molar-refractivity contribution is 6.51. The van der Waals surface area contributed by atoms with Gasteiger partial charge >= 0.3 is 0 Å². The summed E-state index contributed by atoms with van der Waals surface area (Å²) in [6.07, 6.45) is 3.58. The molecule has 106 valence electrons. The molecule has 0 atom stereocenters. The van der Waals surface area contributed by atoms with E-state index in [1.807, 2.05) is 12.1 Å². The van der Waals surface area contributed by atoms with Crippen LogP contribution < -0.4 is 10.2 Å². The van der Waals surface area contributed by atoms with E-state index in [0.717, 1.165) is 25.2 Å². The fourth-order valence-corrected chi connectivity index (χ4v) is 3.01. The van der Waals surface area contributed by atoms with Gasteiger partial charge in [0.05, 0.1) is 11.3 Å². The monoisotopic (exact) mass is 272 g/mol. The molecule has 20 heavy (non-hydrogen) atoms. The van der Waals surface area contributed by atoms with Gasteiger partial charge in [-0.1, -0.05) is 13.8 Å². The molecule has 1 saturated heterocycles. The first-order valence-corrected chi connectivity index (χ1v) is 7.21. The number of nitrogens with one attached hydrogen (secondary N) is 1. The lowest BCUT2D eigenvalue weighted by Crippen LogP contribution is -2.25. The second-order valence-corrected chi connectivity index (χ2v) is 6.52. The van der Waals surface area contributed by atoms with Gasteiger partial charge in [0.2, 0.25) is 0 Å². The van der Waals surface area contributed by atoms with Crippen molar-refractivity contribution in [1.29, 1.82) is 0 Å². The van der Waals surface area contributed by atoms with Crippen LogP contribution in [0.3, 0.4) is 0 Å². The molecule has 0 unspecified atom stereocenters. The van der Waals surface area contributed by atoms with Gasteiger partial charge in [-0.05, 0) is 42.9 Å². The van der Waals surface area contributed by atoms with E-state index >= 15 is 0 Å². The number of rotatable bonds is 1. The van der Waals surface area contributed by atoms with Crippen molar-refractivity contribution >= 4 is 23.1 Å². The van der Waals surface area contributed by atoms with Gasteiger partial charge in [0.1, 0.15) is 0 Å². The minimum Gasteiger partial charge on any atom is -0.371 e. The number of hydrogen-bond donors (Lipinski definition) is 1. The second kappa shape index (κ2) is 4.62. The Hall–Kier alpha value is -1.84. The molecule has 0 spiro atoms. The van der Waals surface area contributed by atoms with Gasteiger partial charge in [0, 0.05) is 18.8 Å². The predicted molar refractivity (Wildman–Crippen MR) is 79.2 cm³/mol. The summed E-state index contributed by atoms with van der Waals surface area (Å²) in [6.45, 7) is 6.69. The van der Waals surface area contributed by atoms with Crippen molar-refractivity contribution in [2.75, 3.05) is 23.3 Å². The summed E-state index contributed by atoms with van der Waals surface area (Å²) in [4.78, 5) is 25.3. The van der Waals surface area contributed by atoms with Crippen LogP contribution in [0, 0.1) is 5.41 Å². The SMILES string of the molecule is CC1(C)CCCN(c2ccc3c(c2)NC(=O)C3=O)CC1. The van der Waals surface area contributed by atoms with Crippen LogP contribution in [0.4, 0.5) is 11.4 Å². The molecule has 0 aliphatic carbocycles. The lowest BCUT2D eigenvalue weighted by Gasteiger charge is -2.25. The van der Waals surface area contributed by atoms with E-state index in [1.165, 1.54) is 12.8 Å². The Balaban J connectivity index is 1.84. The molecule has 2 aliphatic rings. The summed E-state index contributed by atoms with van der Waals surface area (Å²) in [7, 11) is 0. The minimum absolute atomic E-state index is 0.398. The van der Waals surface area contributed by atoms with Gasteiger partial charge in [-0.15, -0.1) is 0 Å². The van der Waals surface area contributed by atoms with Crippen LogP contribution in [0.25, 0.3) is 0 Å². The van der Waals surface area contributed by atoms with Gasteiger partial charge in [-0.25, -0.2) is 0 Å². The van der Waals surface area contributed by atoms with Gasteiger partial charge in [0.15, 0.2) is 0 Å². The summed E-state index contributed by atoms with van der Waals surface area (Å²) in [5, 5.41) is 2.64. The van der Waals surface area contributed by atoms with Crippen LogP contribution in [0.5, 0.6) is 0 Å². The molecule has 1 aromatic rings. The topological polar surface area (TPSA) is 49.4 Å². The Morgan fingerprint density at radius 2 is 1.95 bits per heavy atom. The maximum atomic E-state index is 11.6. The lowest BCUT2D eigenvalue weighted by molar-refractivity contribution is -0.112. The fourth-order valence-electron chi connectivity index (χ4n) is 3.01. The predicted octanol–water partition coefficient (Wildman–Crippen LogP) is 2.84. The highest BCUT2D eigenvalue weighted by Crippen LogP contribution is 2.33. The van der Waals surface area contributed by atoms with Crippen molar-refractivity contribution in [2.24, 2.45) is 5.41 Å². The molecule has 0 aromatic heterocycles. The first-order chi connectivity index (χ1) is 9.46. The Kier molecular flexibility index (Phi) is 3.04. The van der Waals surface area contributed by atoms with Crippen molar-refractivity contribution < 1.29 is 9.59 Å². The van der Waals surface area contributed by atoms with E-state index in [1.54, 1.807) is 6.07 Å². The molecular weight excluding hydrogens is 252 g/mol. The molecule has 1 aromatic carbocycles. The average molecular weight is 272 g/mol. The smallest absolute Gasteiger partial charge is 0.296 e. The van der Waals surface area contributed by atoms with Crippen LogP contribution in [0.15, 0.2) is 18.2 Å². The van der Waals surface area contributed by atoms with Crippen LogP contribution in [-0.4, -0.2) is 24.8 Å². The molecule has 4 nitrogen and oxygen atoms in total. The van der Waals surface area contributed by atoms with Gasteiger partial charge in [0.25, 0.3) is 11.7 Å². The summed E-state index contributed by atoms with van der Waals surface area (Å²) < 4.78 is 0. The number of anilines is 2. The molecule has 1 fully saturated rings. The zero-order chi connectivity index (χ0) is 14.3. The highest BCUT2D eigenvalue weighted by atomic mass is 16.2. The van der Waals surface area contributed by atoms with E-state index in [0.29, 0.717) is 16.7 Å². The first-order valence-electron chi connectivity index (χ1n) is 7.21. The minimum atomic E-state index is -0.519. The third-order valence-electron chi connectivity index (χ3n) is 4.41. The van der Waals surface area contributed by atoms with Gasteiger partial charge < -0.3 is 10.2 Å². The number of nitrogens with zero attached hydrogens (tertiary/aromatic N) is 1. The van der Waals surface area contributed by atoms with Crippen molar-refractivity contribution in [2.45, 2.75) is 33.1 Å².